The monoisotopic (exact) mass is 469 g/mol. The summed E-state index contributed by atoms with van der Waals surface area (Å²) in [6, 6.07) is 14.3. The highest BCUT2D eigenvalue weighted by molar-refractivity contribution is 7.44. The van der Waals surface area contributed by atoms with Crippen molar-refractivity contribution in [3.63, 3.8) is 0 Å². The molecule has 0 amide bonds. The van der Waals surface area contributed by atoms with Gasteiger partial charge in [0.05, 0.1) is 19.3 Å². The fourth-order valence-corrected chi connectivity index (χ4v) is 6.70. The molecule has 33 heavy (non-hydrogen) atoms. The number of nitrogens with zero attached hydrogens (tertiary/aromatic N) is 1. The average Bonchev–Trinajstić information content (AvgIpc) is 2.71. The van der Waals surface area contributed by atoms with E-state index in [1.165, 1.54) is 65.5 Å². The maximum absolute atomic E-state index is 6.55. The lowest BCUT2D eigenvalue weighted by Gasteiger charge is -2.40. The molecule has 0 bridgehead atoms. The topological polar surface area (TPSA) is 21.7 Å². The molecule has 0 saturated carbocycles. The molecule has 2 aromatic rings. The van der Waals surface area contributed by atoms with Gasteiger partial charge in [0, 0.05) is 6.04 Å². The van der Waals surface area contributed by atoms with Gasteiger partial charge >= 0.3 is 0 Å². The smallest absolute Gasteiger partial charge is 0.259 e. The fraction of sp³-hybridized carbons (Fsp3) is 0.586. The van der Waals surface area contributed by atoms with Crippen LogP contribution in [0.4, 0.5) is 0 Å². The summed E-state index contributed by atoms with van der Waals surface area (Å²) in [5.74, 6) is 0. The van der Waals surface area contributed by atoms with E-state index in [-0.39, 0.29) is 12.1 Å². The van der Waals surface area contributed by atoms with E-state index in [1.54, 1.807) is 0 Å². The molecule has 3 rings (SSSR count). The Kier molecular flexibility index (Phi) is 10.4. The van der Waals surface area contributed by atoms with Crippen LogP contribution in [0.25, 0.3) is 0 Å². The van der Waals surface area contributed by atoms with Crippen LogP contribution < -0.4 is 0 Å². The highest BCUT2D eigenvalue weighted by Gasteiger charge is 2.34. The molecule has 3 nitrogen and oxygen atoms in total. The third-order valence-corrected chi connectivity index (χ3v) is 8.17. The van der Waals surface area contributed by atoms with Crippen molar-refractivity contribution in [2.75, 3.05) is 13.2 Å². The van der Waals surface area contributed by atoms with Crippen LogP contribution in [0, 0.1) is 27.7 Å². The second-order valence-corrected chi connectivity index (χ2v) is 11.6. The van der Waals surface area contributed by atoms with Crippen molar-refractivity contribution >= 4 is 8.53 Å². The Bertz CT molecular complexity index is 778. The van der Waals surface area contributed by atoms with Gasteiger partial charge in [0.2, 0.25) is 0 Å². The van der Waals surface area contributed by atoms with Crippen LogP contribution in [-0.4, -0.2) is 23.9 Å². The highest BCUT2D eigenvalue weighted by atomic mass is 31.2. The zero-order chi connectivity index (χ0) is 23.8. The van der Waals surface area contributed by atoms with Crippen molar-refractivity contribution in [2.24, 2.45) is 0 Å². The van der Waals surface area contributed by atoms with Crippen LogP contribution in [-0.2, 0) is 9.05 Å². The molecule has 1 saturated heterocycles. The zero-order valence-electron chi connectivity index (χ0n) is 21.7. The van der Waals surface area contributed by atoms with Crippen LogP contribution in [0.1, 0.15) is 98.2 Å². The van der Waals surface area contributed by atoms with Gasteiger partial charge in [-0.1, -0.05) is 90.8 Å². The van der Waals surface area contributed by atoms with Gasteiger partial charge in [-0.05, 0) is 65.5 Å². The summed E-state index contributed by atoms with van der Waals surface area (Å²) >= 11 is 0. The zero-order valence-corrected chi connectivity index (χ0v) is 22.6. The molecule has 1 fully saturated rings. The third-order valence-electron chi connectivity index (χ3n) is 6.29. The quantitative estimate of drug-likeness (QED) is 0.409. The molecule has 0 atom stereocenters. The third kappa shape index (κ3) is 7.89. The highest BCUT2D eigenvalue weighted by Crippen LogP contribution is 2.52. The van der Waals surface area contributed by atoms with Crippen molar-refractivity contribution in [3.8, 4) is 0 Å². The maximum Gasteiger partial charge on any atom is 0.259 e. The van der Waals surface area contributed by atoms with Crippen molar-refractivity contribution in [2.45, 2.75) is 98.6 Å². The molecule has 2 aromatic carbocycles. The minimum absolute atomic E-state index is 0.0983. The van der Waals surface area contributed by atoms with Crippen molar-refractivity contribution in [3.05, 3.63) is 69.8 Å². The van der Waals surface area contributed by atoms with E-state index in [1.807, 2.05) is 0 Å². The largest absolute Gasteiger partial charge is 0.322 e. The lowest BCUT2D eigenvalue weighted by molar-refractivity contribution is 0.169. The molecule has 182 valence electrons. The number of hydrogen-bond acceptors (Lipinski definition) is 3. The molecule has 0 aliphatic carbocycles. The van der Waals surface area contributed by atoms with Crippen molar-refractivity contribution < 1.29 is 9.05 Å². The first kappa shape index (κ1) is 26.4. The Morgan fingerprint density at radius 1 is 0.606 bits per heavy atom. The van der Waals surface area contributed by atoms with E-state index in [0.29, 0.717) is 0 Å². The second-order valence-electron chi connectivity index (χ2n) is 10.1. The molecular weight excluding hydrogens is 425 g/mol. The van der Waals surface area contributed by atoms with E-state index < -0.39 is 8.53 Å². The SMILES string of the molecule is Cc1cc(C)cc(C(c2cc(C)cc(C)c2)N(C(C)C)P2OCCCCCCCCCO2)c1. The minimum Gasteiger partial charge on any atom is -0.322 e. The van der Waals surface area contributed by atoms with E-state index in [4.69, 9.17) is 9.05 Å². The van der Waals surface area contributed by atoms with Gasteiger partial charge in [0.15, 0.2) is 0 Å². The minimum atomic E-state index is -1.16. The van der Waals surface area contributed by atoms with Crippen LogP contribution in [0.2, 0.25) is 0 Å². The van der Waals surface area contributed by atoms with Crippen LogP contribution >= 0.6 is 8.53 Å². The number of hydrogen-bond donors (Lipinski definition) is 0. The molecule has 1 aliphatic rings. The van der Waals surface area contributed by atoms with Gasteiger partial charge in [-0.25, -0.2) is 4.67 Å². The summed E-state index contributed by atoms with van der Waals surface area (Å²) < 4.78 is 15.6. The predicted molar refractivity (Wildman–Crippen MR) is 142 cm³/mol. The molecule has 1 heterocycles. The van der Waals surface area contributed by atoms with Gasteiger partial charge in [-0.3, -0.25) is 0 Å². The first-order valence-corrected chi connectivity index (χ1v) is 14.0. The molecule has 4 heteroatoms. The average molecular weight is 470 g/mol. The normalized spacial score (nSPS) is 17.4. The van der Waals surface area contributed by atoms with Gasteiger partial charge in [-0.2, -0.15) is 0 Å². The summed E-state index contributed by atoms with van der Waals surface area (Å²) in [7, 11) is -1.16. The molecule has 0 radical (unpaired) electrons. The summed E-state index contributed by atoms with van der Waals surface area (Å²) in [4.78, 5) is 0. The summed E-state index contributed by atoms with van der Waals surface area (Å²) in [5, 5.41) is 0. The summed E-state index contributed by atoms with van der Waals surface area (Å²) in [6.45, 7) is 14.9. The van der Waals surface area contributed by atoms with Gasteiger partial charge in [0.25, 0.3) is 8.53 Å². The lowest BCUT2D eigenvalue weighted by Crippen LogP contribution is -2.33. The van der Waals surface area contributed by atoms with Gasteiger partial charge in [-0.15, -0.1) is 0 Å². The molecule has 1 aliphatic heterocycles. The van der Waals surface area contributed by atoms with Crippen LogP contribution in [0.3, 0.4) is 0 Å². The molecule has 0 spiro atoms. The summed E-state index contributed by atoms with van der Waals surface area (Å²) in [6.07, 6.45) is 8.73. The lowest BCUT2D eigenvalue weighted by atomic mass is 9.93. The first-order chi connectivity index (χ1) is 15.8. The van der Waals surface area contributed by atoms with Crippen molar-refractivity contribution in [1.29, 1.82) is 0 Å². The predicted octanol–water partition coefficient (Wildman–Crippen LogP) is 8.72. The number of rotatable bonds is 5. The number of benzene rings is 2. The van der Waals surface area contributed by atoms with E-state index >= 15 is 0 Å². The Morgan fingerprint density at radius 3 is 1.33 bits per heavy atom. The molecule has 0 N–H and O–H groups in total. The fourth-order valence-electron chi connectivity index (χ4n) is 4.96. The van der Waals surface area contributed by atoms with Crippen molar-refractivity contribution in [1.82, 2.24) is 4.67 Å². The van der Waals surface area contributed by atoms with E-state index in [0.717, 1.165) is 26.1 Å². The van der Waals surface area contributed by atoms with Gasteiger partial charge in [0.1, 0.15) is 0 Å². The second kappa shape index (κ2) is 13.0. The number of aryl methyl sites for hydroxylation is 4. The Labute approximate surface area is 203 Å². The maximum atomic E-state index is 6.55. The molecule has 0 aromatic heterocycles. The Morgan fingerprint density at radius 2 is 0.970 bits per heavy atom. The Balaban J connectivity index is 2.04. The summed E-state index contributed by atoms with van der Waals surface area (Å²) in [5.41, 5.74) is 7.86. The standard InChI is InChI=1S/C29H44NO2P/c1-22(2)30(33-31-14-12-10-8-7-9-11-13-15-32-33)29(27-18-23(3)16-24(4)19-27)28-20-25(5)17-26(6)21-28/h16-22,29H,7-15H2,1-6H3. The Hall–Kier alpha value is -1.25. The van der Waals surface area contributed by atoms with Gasteiger partial charge < -0.3 is 9.05 Å². The van der Waals surface area contributed by atoms with Crippen LogP contribution in [0.5, 0.6) is 0 Å². The van der Waals surface area contributed by atoms with Crippen LogP contribution in [0.15, 0.2) is 36.4 Å². The first-order valence-electron chi connectivity index (χ1n) is 12.9. The molecular formula is C29H44NO2P. The van der Waals surface area contributed by atoms with E-state index in [2.05, 4.69) is 82.6 Å². The van der Waals surface area contributed by atoms with E-state index in [9.17, 15) is 0 Å². The molecule has 0 unspecified atom stereocenters.